The number of nitrogens with zero attached hydrogens (tertiary/aromatic N) is 4. The average molecular weight is 357 g/mol. The summed E-state index contributed by atoms with van der Waals surface area (Å²) < 4.78 is 2.01. The largest absolute Gasteiger partial charge is 0.345 e. The lowest BCUT2D eigenvalue weighted by molar-refractivity contribution is -0.880. The van der Waals surface area contributed by atoms with Gasteiger partial charge in [0.05, 0.1) is 38.9 Å². The molecular weight excluding hydrogens is 334 g/mol. The molecule has 0 aliphatic carbocycles. The van der Waals surface area contributed by atoms with Gasteiger partial charge in [0.25, 0.3) is 0 Å². The number of anilines is 1. The quantitative estimate of drug-likeness (QED) is 0.763. The number of likely N-dealkylation sites (N-methyl/N-ethyl adjacent to an activating group) is 1. The molecule has 3 aromatic rings. The second-order valence-electron chi connectivity index (χ2n) is 6.90. The number of piperazine rings is 1. The van der Waals surface area contributed by atoms with Crippen molar-refractivity contribution < 1.29 is 4.90 Å². The normalized spacial score (nSPS) is 15.9. The summed E-state index contributed by atoms with van der Waals surface area (Å²) in [6.45, 7) is 8.48. The summed E-state index contributed by atoms with van der Waals surface area (Å²) >= 11 is 6.05. The topological polar surface area (TPSA) is 37.9 Å². The summed E-state index contributed by atoms with van der Waals surface area (Å²) in [6, 6.07) is 10.1. The lowest BCUT2D eigenvalue weighted by Gasteiger charge is -2.31. The molecule has 0 saturated carbocycles. The molecule has 0 spiro atoms. The third kappa shape index (κ3) is 2.98. The molecule has 4 rings (SSSR count). The van der Waals surface area contributed by atoms with Crippen LogP contribution in [-0.4, -0.2) is 47.8 Å². The molecule has 5 nitrogen and oxygen atoms in total. The van der Waals surface area contributed by atoms with Crippen LogP contribution in [0.1, 0.15) is 11.4 Å². The van der Waals surface area contributed by atoms with Crippen LogP contribution in [0.25, 0.3) is 16.8 Å². The van der Waals surface area contributed by atoms with Crippen molar-refractivity contribution in [3.8, 4) is 11.1 Å². The third-order valence-corrected chi connectivity index (χ3v) is 5.20. The number of halogens is 1. The van der Waals surface area contributed by atoms with E-state index < -0.39 is 0 Å². The van der Waals surface area contributed by atoms with Crippen molar-refractivity contribution in [1.82, 2.24) is 14.6 Å². The first-order valence-corrected chi connectivity index (χ1v) is 9.10. The van der Waals surface area contributed by atoms with Crippen LogP contribution in [0.2, 0.25) is 5.02 Å². The van der Waals surface area contributed by atoms with E-state index in [0.29, 0.717) is 0 Å². The molecule has 25 heavy (non-hydrogen) atoms. The first-order chi connectivity index (χ1) is 12.0. The van der Waals surface area contributed by atoms with Gasteiger partial charge < -0.3 is 9.80 Å². The Balaban J connectivity index is 1.87. The highest BCUT2D eigenvalue weighted by Crippen LogP contribution is 2.30. The van der Waals surface area contributed by atoms with E-state index in [4.69, 9.17) is 21.7 Å². The highest BCUT2D eigenvalue weighted by Gasteiger charge is 2.22. The van der Waals surface area contributed by atoms with E-state index in [0.717, 1.165) is 65.2 Å². The maximum absolute atomic E-state index is 6.05. The molecule has 2 aromatic heterocycles. The minimum atomic E-state index is 0.739. The van der Waals surface area contributed by atoms with E-state index in [9.17, 15) is 0 Å². The van der Waals surface area contributed by atoms with Gasteiger partial charge in [-0.3, -0.25) is 0 Å². The SMILES string of the molecule is Cc1cc(N2CC[NH+](C)CC2)n2nc(C)c(-c3ccc(Cl)cc3)c2n1. The van der Waals surface area contributed by atoms with E-state index in [2.05, 4.69) is 24.9 Å². The van der Waals surface area contributed by atoms with E-state index in [1.54, 1.807) is 4.90 Å². The van der Waals surface area contributed by atoms with Crippen LogP contribution >= 0.6 is 11.6 Å². The van der Waals surface area contributed by atoms with Crippen molar-refractivity contribution in [3.63, 3.8) is 0 Å². The average Bonchev–Trinajstić information content (AvgIpc) is 2.92. The minimum absolute atomic E-state index is 0.739. The fourth-order valence-electron chi connectivity index (χ4n) is 3.52. The number of nitrogens with one attached hydrogen (secondary N) is 1. The number of aromatic nitrogens is 3. The number of aryl methyl sites for hydroxylation is 2. The van der Waals surface area contributed by atoms with Crippen LogP contribution in [0.4, 0.5) is 5.82 Å². The summed E-state index contributed by atoms with van der Waals surface area (Å²) in [5.74, 6) is 1.14. The van der Waals surface area contributed by atoms with Crippen molar-refractivity contribution in [1.29, 1.82) is 0 Å². The Labute approximate surface area is 152 Å². The second kappa shape index (κ2) is 6.32. The highest BCUT2D eigenvalue weighted by molar-refractivity contribution is 6.30. The molecule has 1 saturated heterocycles. The smallest absolute Gasteiger partial charge is 0.165 e. The summed E-state index contributed by atoms with van der Waals surface area (Å²) in [4.78, 5) is 8.81. The molecular formula is C19H23ClN5+. The maximum Gasteiger partial charge on any atom is 0.165 e. The van der Waals surface area contributed by atoms with E-state index in [-0.39, 0.29) is 0 Å². The molecule has 0 bridgehead atoms. The van der Waals surface area contributed by atoms with Gasteiger partial charge in [-0.1, -0.05) is 23.7 Å². The van der Waals surface area contributed by atoms with Gasteiger partial charge >= 0.3 is 0 Å². The van der Waals surface area contributed by atoms with Crippen LogP contribution in [0.3, 0.4) is 0 Å². The fourth-order valence-corrected chi connectivity index (χ4v) is 3.65. The van der Waals surface area contributed by atoms with Crippen molar-refractivity contribution >= 4 is 23.1 Å². The minimum Gasteiger partial charge on any atom is -0.345 e. The molecule has 6 heteroatoms. The zero-order chi connectivity index (χ0) is 17.6. The highest BCUT2D eigenvalue weighted by atomic mass is 35.5. The summed E-state index contributed by atoms with van der Waals surface area (Å²) in [5, 5.41) is 5.56. The van der Waals surface area contributed by atoms with Gasteiger partial charge in [-0.25, -0.2) is 4.98 Å². The van der Waals surface area contributed by atoms with Gasteiger partial charge in [-0.15, -0.1) is 0 Å². The van der Waals surface area contributed by atoms with Crippen molar-refractivity contribution in [2.45, 2.75) is 13.8 Å². The zero-order valence-electron chi connectivity index (χ0n) is 14.9. The van der Waals surface area contributed by atoms with Crippen LogP contribution in [0, 0.1) is 13.8 Å². The van der Waals surface area contributed by atoms with Gasteiger partial charge in [-0.05, 0) is 31.5 Å². The van der Waals surface area contributed by atoms with Crippen LogP contribution < -0.4 is 9.80 Å². The molecule has 0 radical (unpaired) electrons. The number of benzene rings is 1. The summed E-state index contributed by atoms with van der Waals surface area (Å²) in [6.07, 6.45) is 0. The van der Waals surface area contributed by atoms with Crippen LogP contribution in [-0.2, 0) is 0 Å². The van der Waals surface area contributed by atoms with Gasteiger partial charge in [0.1, 0.15) is 5.82 Å². The van der Waals surface area contributed by atoms with Crippen molar-refractivity contribution in [2.75, 3.05) is 38.1 Å². The van der Waals surface area contributed by atoms with Gasteiger partial charge in [0.2, 0.25) is 0 Å². The molecule has 0 amide bonds. The first-order valence-electron chi connectivity index (χ1n) is 8.72. The molecule has 1 aliphatic heterocycles. The lowest BCUT2D eigenvalue weighted by atomic mass is 10.1. The number of fused-ring (bicyclic) bond motifs is 1. The maximum atomic E-state index is 6.05. The molecule has 0 unspecified atom stereocenters. The molecule has 3 heterocycles. The summed E-state index contributed by atoms with van der Waals surface area (Å²) in [7, 11) is 2.25. The first kappa shape index (κ1) is 16.4. The zero-order valence-corrected chi connectivity index (χ0v) is 15.6. The van der Waals surface area contributed by atoms with Gasteiger partial charge in [-0.2, -0.15) is 9.61 Å². The Morgan fingerprint density at radius 3 is 2.44 bits per heavy atom. The molecule has 1 aliphatic rings. The van der Waals surface area contributed by atoms with Gasteiger partial charge in [0, 0.05) is 22.3 Å². The van der Waals surface area contributed by atoms with E-state index in [1.807, 2.05) is 35.7 Å². The van der Waals surface area contributed by atoms with Crippen LogP contribution in [0.15, 0.2) is 30.3 Å². The Bertz CT molecular complexity index is 908. The molecule has 1 N–H and O–H groups in total. The number of rotatable bonds is 2. The Kier molecular flexibility index (Phi) is 4.13. The molecule has 0 atom stereocenters. The Hall–Kier alpha value is -2.11. The molecule has 1 fully saturated rings. The fraction of sp³-hybridized carbons (Fsp3) is 0.368. The van der Waals surface area contributed by atoms with E-state index in [1.165, 1.54) is 0 Å². The number of hydrogen-bond donors (Lipinski definition) is 1. The van der Waals surface area contributed by atoms with Crippen molar-refractivity contribution in [3.05, 3.63) is 46.7 Å². The third-order valence-electron chi connectivity index (χ3n) is 4.95. The Morgan fingerprint density at radius 2 is 1.76 bits per heavy atom. The van der Waals surface area contributed by atoms with E-state index >= 15 is 0 Å². The van der Waals surface area contributed by atoms with Gasteiger partial charge in [0.15, 0.2) is 5.65 Å². The predicted octanol–water partition coefficient (Wildman–Crippen LogP) is 2.00. The van der Waals surface area contributed by atoms with Crippen molar-refractivity contribution in [2.24, 2.45) is 0 Å². The molecule has 1 aromatic carbocycles. The number of quaternary nitrogens is 1. The monoisotopic (exact) mass is 356 g/mol. The lowest BCUT2D eigenvalue weighted by Crippen LogP contribution is -3.12. The molecule has 130 valence electrons. The number of hydrogen-bond acceptors (Lipinski definition) is 3. The Morgan fingerprint density at radius 1 is 1.08 bits per heavy atom. The summed E-state index contributed by atoms with van der Waals surface area (Å²) in [5.41, 5.74) is 5.11. The second-order valence-corrected chi connectivity index (χ2v) is 7.34. The predicted molar refractivity (Wildman–Crippen MR) is 102 cm³/mol. The standard InChI is InChI=1S/C19H22ClN5/c1-13-12-17(24-10-8-23(3)9-11-24)25-19(21-13)18(14(2)22-25)15-4-6-16(20)7-5-15/h4-7,12H,8-11H2,1-3H3/p+1. The van der Waals surface area contributed by atoms with Crippen LogP contribution in [0.5, 0.6) is 0 Å².